The van der Waals surface area contributed by atoms with E-state index in [9.17, 15) is 4.79 Å². The zero-order valence-corrected chi connectivity index (χ0v) is 8.24. The van der Waals surface area contributed by atoms with Gasteiger partial charge in [0.25, 0.3) is 0 Å². The Kier molecular flexibility index (Phi) is 3.01. The van der Waals surface area contributed by atoms with Gasteiger partial charge in [0.15, 0.2) is 5.78 Å². The molecule has 3 heteroatoms. The van der Waals surface area contributed by atoms with E-state index in [0.717, 1.165) is 11.4 Å². The molecule has 0 spiro atoms. The van der Waals surface area contributed by atoms with Crippen molar-refractivity contribution in [1.29, 1.82) is 0 Å². The molecule has 0 radical (unpaired) electrons. The average Bonchev–Trinajstić information content (AvgIpc) is 2.17. The molecule has 0 aliphatic rings. The van der Waals surface area contributed by atoms with Gasteiger partial charge >= 0.3 is 0 Å². The predicted octanol–water partition coefficient (Wildman–Crippen LogP) is 1.74. The van der Waals surface area contributed by atoms with E-state index in [4.69, 9.17) is 0 Å². The maximum Gasteiger partial charge on any atom is 0.162 e. The summed E-state index contributed by atoms with van der Waals surface area (Å²) in [5.74, 6) is 0.977. The molecule has 13 heavy (non-hydrogen) atoms. The number of anilines is 1. The summed E-state index contributed by atoms with van der Waals surface area (Å²) in [6.45, 7) is 1.86. The summed E-state index contributed by atoms with van der Waals surface area (Å²) in [5.41, 5.74) is 0.737. The Bertz CT molecular complexity index is 308. The molecular formula is C10H14N2O. The molecule has 1 rings (SSSR count). The second-order valence-electron chi connectivity index (χ2n) is 3.07. The molecule has 0 saturated carbocycles. The molecule has 0 saturated heterocycles. The Balaban J connectivity index is 2.98. The second-order valence-corrected chi connectivity index (χ2v) is 3.07. The molecule has 0 atom stereocenters. The number of pyridine rings is 1. The molecule has 0 unspecified atom stereocenters. The van der Waals surface area contributed by atoms with Crippen molar-refractivity contribution in [2.45, 2.75) is 13.3 Å². The molecule has 1 heterocycles. The predicted molar refractivity (Wildman–Crippen MR) is 53.2 cm³/mol. The molecule has 0 bridgehead atoms. The van der Waals surface area contributed by atoms with Crippen LogP contribution < -0.4 is 4.90 Å². The minimum Gasteiger partial charge on any atom is -0.363 e. The number of hydrogen-bond acceptors (Lipinski definition) is 3. The van der Waals surface area contributed by atoms with Crippen LogP contribution in [-0.4, -0.2) is 24.9 Å². The standard InChI is InChI=1S/C10H14N2O/c1-4-9(13)8-5-6-11-10(7-8)12(2)3/h5-7H,4H2,1-3H3. The van der Waals surface area contributed by atoms with Crippen molar-refractivity contribution < 1.29 is 4.79 Å². The number of rotatable bonds is 3. The van der Waals surface area contributed by atoms with Crippen LogP contribution in [0.3, 0.4) is 0 Å². The summed E-state index contributed by atoms with van der Waals surface area (Å²) in [5, 5.41) is 0. The van der Waals surface area contributed by atoms with Gasteiger partial charge in [0.05, 0.1) is 0 Å². The number of Topliss-reactive ketones (excluding diaryl/α,β-unsaturated/α-hetero) is 1. The van der Waals surface area contributed by atoms with E-state index in [1.54, 1.807) is 12.3 Å². The summed E-state index contributed by atoms with van der Waals surface area (Å²) in [6, 6.07) is 3.56. The fourth-order valence-electron chi connectivity index (χ4n) is 1.04. The van der Waals surface area contributed by atoms with Crippen molar-refractivity contribution in [3.05, 3.63) is 23.9 Å². The van der Waals surface area contributed by atoms with Crippen molar-refractivity contribution in [2.75, 3.05) is 19.0 Å². The Morgan fingerprint density at radius 3 is 2.77 bits per heavy atom. The Labute approximate surface area is 78.4 Å². The van der Waals surface area contributed by atoms with Crippen LogP contribution in [0.2, 0.25) is 0 Å². The van der Waals surface area contributed by atoms with Crippen LogP contribution in [0.15, 0.2) is 18.3 Å². The van der Waals surface area contributed by atoms with Crippen molar-refractivity contribution in [3.8, 4) is 0 Å². The zero-order valence-electron chi connectivity index (χ0n) is 8.24. The number of nitrogens with zero attached hydrogens (tertiary/aromatic N) is 2. The maximum absolute atomic E-state index is 11.3. The third-order valence-corrected chi connectivity index (χ3v) is 1.85. The van der Waals surface area contributed by atoms with Crippen LogP contribution in [0.25, 0.3) is 0 Å². The highest BCUT2D eigenvalue weighted by Gasteiger charge is 2.04. The molecule has 0 fully saturated rings. The minimum absolute atomic E-state index is 0.158. The van der Waals surface area contributed by atoms with Crippen molar-refractivity contribution >= 4 is 11.6 Å². The molecule has 1 aromatic rings. The van der Waals surface area contributed by atoms with Gasteiger partial charge in [-0.3, -0.25) is 4.79 Å². The van der Waals surface area contributed by atoms with Gasteiger partial charge in [0.2, 0.25) is 0 Å². The fraction of sp³-hybridized carbons (Fsp3) is 0.400. The van der Waals surface area contributed by atoms with Gasteiger partial charge in [-0.1, -0.05) is 6.92 Å². The number of carbonyl (C=O) groups is 1. The molecule has 70 valence electrons. The van der Waals surface area contributed by atoms with Crippen LogP contribution in [0.1, 0.15) is 23.7 Å². The summed E-state index contributed by atoms with van der Waals surface area (Å²) in [7, 11) is 3.81. The average molecular weight is 178 g/mol. The van der Waals surface area contributed by atoms with Crippen LogP contribution in [0.4, 0.5) is 5.82 Å². The van der Waals surface area contributed by atoms with Crippen LogP contribution >= 0.6 is 0 Å². The molecule has 0 N–H and O–H groups in total. The number of carbonyl (C=O) groups excluding carboxylic acids is 1. The van der Waals surface area contributed by atoms with E-state index < -0.39 is 0 Å². The minimum atomic E-state index is 0.158. The quantitative estimate of drug-likeness (QED) is 0.661. The van der Waals surface area contributed by atoms with Crippen LogP contribution in [0, 0.1) is 0 Å². The zero-order chi connectivity index (χ0) is 9.84. The normalized spacial score (nSPS) is 9.77. The van der Waals surface area contributed by atoms with Gasteiger partial charge in [0, 0.05) is 32.3 Å². The first kappa shape index (κ1) is 9.71. The molecule has 0 amide bonds. The summed E-state index contributed by atoms with van der Waals surface area (Å²) in [6.07, 6.45) is 2.20. The first-order chi connectivity index (χ1) is 6.15. The van der Waals surface area contributed by atoms with Gasteiger partial charge in [-0.05, 0) is 12.1 Å². The highest BCUT2D eigenvalue weighted by Crippen LogP contribution is 2.10. The van der Waals surface area contributed by atoms with Crippen molar-refractivity contribution in [1.82, 2.24) is 4.98 Å². The monoisotopic (exact) mass is 178 g/mol. The first-order valence-electron chi connectivity index (χ1n) is 4.31. The fourth-order valence-corrected chi connectivity index (χ4v) is 1.04. The highest BCUT2D eigenvalue weighted by atomic mass is 16.1. The lowest BCUT2D eigenvalue weighted by molar-refractivity contribution is 0.0988. The molecule has 0 aromatic carbocycles. The maximum atomic E-state index is 11.3. The molecule has 1 aromatic heterocycles. The summed E-state index contributed by atoms with van der Waals surface area (Å²) < 4.78 is 0. The lowest BCUT2D eigenvalue weighted by Gasteiger charge is -2.11. The Hall–Kier alpha value is -1.38. The number of ketones is 1. The third-order valence-electron chi connectivity index (χ3n) is 1.85. The molecule has 0 aliphatic carbocycles. The van der Waals surface area contributed by atoms with Gasteiger partial charge in [-0.25, -0.2) is 4.98 Å². The Morgan fingerprint density at radius 1 is 1.54 bits per heavy atom. The van der Waals surface area contributed by atoms with E-state index in [1.807, 2.05) is 32.0 Å². The topological polar surface area (TPSA) is 33.2 Å². The van der Waals surface area contributed by atoms with E-state index in [0.29, 0.717) is 6.42 Å². The molecule has 3 nitrogen and oxygen atoms in total. The van der Waals surface area contributed by atoms with Crippen molar-refractivity contribution in [2.24, 2.45) is 0 Å². The van der Waals surface area contributed by atoms with Gasteiger partial charge in [0.1, 0.15) is 5.82 Å². The Morgan fingerprint density at radius 2 is 2.23 bits per heavy atom. The molecular weight excluding hydrogens is 164 g/mol. The number of aromatic nitrogens is 1. The lowest BCUT2D eigenvalue weighted by atomic mass is 10.1. The number of hydrogen-bond donors (Lipinski definition) is 0. The first-order valence-corrected chi connectivity index (χ1v) is 4.31. The largest absolute Gasteiger partial charge is 0.363 e. The highest BCUT2D eigenvalue weighted by molar-refractivity contribution is 5.96. The second kappa shape index (κ2) is 4.03. The van der Waals surface area contributed by atoms with E-state index >= 15 is 0 Å². The van der Waals surface area contributed by atoms with E-state index in [-0.39, 0.29) is 5.78 Å². The summed E-state index contributed by atoms with van der Waals surface area (Å²) in [4.78, 5) is 17.4. The SMILES string of the molecule is CCC(=O)c1ccnc(N(C)C)c1. The molecule has 0 aliphatic heterocycles. The third kappa shape index (κ3) is 2.28. The van der Waals surface area contributed by atoms with Crippen molar-refractivity contribution in [3.63, 3.8) is 0 Å². The summed E-state index contributed by atoms with van der Waals surface area (Å²) >= 11 is 0. The van der Waals surface area contributed by atoms with Crippen LogP contribution in [-0.2, 0) is 0 Å². The van der Waals surface area contributed by atoms with Gasteiger partial charge in [-0.15, -0.1) is 0 Å². The van der Waals surface area contributed by atoms with Gasteiger partial charge < -0.3 is 4.90 Å². The lowest BCUT2D eigenvalue weighted by Crippen LogP contribution is -2.11. The van der Waals surface area contributed by atoms with Gasteiger partial charge in [-0.2, -0.15) is 0 Å². The van der Waals surface area contributed by atoms with E-state index in [2.05, 4.69) is 4.98 Å². The van der Waals surface area contributed by atoms with E-state index in [1.165, 1.54) is 0 Å². The smallest absolute Gasteiger partial charge is 0.162 e. The van der Waals surface area contributed by atoms with Crippen LogP contribution in [0.5, 0.6) is 0 Å².